The summed E-state index contributed by atoms with van der Waals surface area (Å²) in [5.41, 5.74) is 0.676. The van der Waals surface area contributed by atoms with E-state index in [4.69, 9.17) is 0 Å². The summed E-state index contributed by atoms with van der Waals surface area (Å²) in [4.78, 5) is 0.296. The maximum Gasteiger partial charge on any atom is 0.246 e. The molecule has 6 heteroatoms. The summed E-state index contributed by atoms with van der Waals surface area (Å²) in [5.74, 6) is 0. The van der Waals surface area contributed by atoms with Crippen LogP contribution >= 0.6 is 0 Å². The largest absolute Gasteiger partial charge is 0.281 e. The fourth-order valence-corrected chi connectivity index (χ4v) is 3.75. The number of nitrogens with zero attached hydrogens (tertiary/aromatic N) is 2. The summed E-state index contributed by atoms with van der Waals surface area (Å²) in [6.45, 7) is 7.08. The summed E-state index contributed by atoms with van der Waals surface area (Å²) in [5, 5.41) is 6.43. The van der Waals surface area contributed by atoms with Crippen molar-refractivity contribution in [2.75, 3.05) is 13.1 Å². The van der Waals surface area contributed by atoms with Gasteiger partial charge in [0.15, 0.2) is 0 Å². The number of nitrogens with one attached hydrogen (secondary N) is 1. The fourth-order valence-electron chi connectivity index (χ4n) is 2.01. The van der Waals surface area contributed by atoms with Gasteiger partial charge in [-0.1, -0.05) is 13.8 Å². The summed E-state index contributed by atoms with van der Waals surface area (Å²) in [6, 6.07) is 0. The van der Waals surface area contributed by atoms with E-state index in [9.17, 15) is 8.42 Å². The second kappa shape index (κ2) is 3.56. The maximum absolute atomic E-state index is 12.3. The number of aromatic nitrogens is 2. The van der Waals surface area contributed by atoms with Crippen LogP contribution in [0.15, 0.2) is 11.1 Å². The second-order valence-corrected chi connectivity index (χ2v) is 7.02. The molecule has 0 aliphatic carbocycles. The Morgan fingerprint density at radius 1 is 1.50 bits per heavy atom. The van der Waals surface area contributed by atoms with E-state index >= 15 is 0 Å². The SMILES string of the molecule is Cc1[nH]ncc1S(=O)(=O)N1CCC(C)(C)C1. The van der Waals surface area contributed by atoms with E-state index in [1.54, 1.807) is 11.2 Å². The average molecular weight is 243 g/mol. The molecule has 1 N–H and O–H groups in total. The molecule has 0 spiro atoms. The summed E-state index contributed by atoms with van der Waals surface area (Å²) in [7, 11) is -3.36. The van der Waals surface area contributed by atoms with Gasteiger partial charge in [-0.3, -0.25) is 5.10 Å². The monoisotopic (exact) mass is 243 g/mol. The number of rotatable bonds is 2. The Morgan fingerprint density at radius 2 is 2.19 bits per heavy atom. The zero-order valence-electron chi connectivity index (χ0n) is 9.82. The lowest BCUT2D eigenvalue weighted by atomic mass is 9.93. The lowest BCUT2D eigenvalue weighted by Gasteiger charge is -2.19. The van der Waals surface area contributed by atoms with Crippen molar-refractivity contribution >= 4 is 10.0 Å². The molecule has 2 heterocycles. The molecule has 90 valence electrons. The maximum atomic E-state index is 12.3. The van der Waals surface area contributed by atoms with Crippen LogP contribution < -0.4 is 0 Å². The highest BCUT2D eigenvalue weighted by atomic mass is 32.2. The van der Waals surface area contributed by atoms with Crippen LogP contribution in [0.1, 0.15) is 26.0 Å². The first-order valence-electron chi connectivity index (χ1n) is 5.33. The quantitative estimate of drug-likeness (QED) is 0.847. The molecule has 0 amide bonds. The third kappa shape index (κ3) is 1.87. The molecule has 1 saturated heterocycles. The van der Waals surface area contributed by atoms with Gasteiger partial charge in [-0.2, -0.15) is 9.40 Å². The van der Waals surface area contributed by atoms with E-state index in [1.165, 1.54) is 6.20 Å². The molecule has 0 saturated carbocycles. The highest BCUT2D eigenvalue weighted by Gasteiger charge is 2.37. The topological polar surface area (TPSA) is 66.1 Å². The minimum absolute atomic E-state index is 0.0741. The Kier molecular flexibility index (Phi) is 2.58. The van der Waals surface area contributed by atoms with Gasteiger partial charge in [-0.15, -0.1) is 0 Å². The molecule has 1 aromatic rings. The first kappa shape index (κ1) is 11.6. The second-order valence-electron chi connectivity index (χ2n) is 5.11. The minimum Gasteiger partial charge on any atom is -0.281 e. The van der Waals surface area contributed by atoms with Crippen molar-refractivity contribution in [1.82, 2.24) is 14.5 Å². The molecular formula is C10H17N3O2S. The Labute approximate surface area is 95.9 Å². The first-order chi connectivity index (χ1) is 7.33. The Balaban J connectivity index is 2.32. The van der Waals surface area contributed by atoms with E-state index < -0.39 is 10.0 Å². The van der Waals surface area contributed by atoms with E-state index in [0.717, 1.165) is 6.42 Å². The molecule has 1 fully saturated rings. The Hall–Kier alpha value is -0.880. The van der Waals surface area contributed by atoms with E-state index in [2.05, 4.69) is 24.0 Å². The van der Waals surface area contributed by atoms with Crippen molar-refractivity contribution in [3.05, 3.63) is 11.9 Å². The molecule has 2 rings (SSSR count). The molecule has 0 atom stereocenters. The van der Waals surface area contributed by atoms with Crippen molar-refractivity contribution in [2.24, 2.45) is 5.41 Å². The zero-order valence-corrected chi connectivity index (χ0v) is 10.6. The van der Waals surface area contributed by atoms with Gasteiger partial charge in [-0.25, -0.2) is 8.42 Å². The van der Waals surface area contributed by atoms with Crippen molar-refractivity contribution in [3.63, 3.8) is 0 Å². The van der Waals surface area contributed by atoms with Crippen molar-refractivity contribution in [2.45, 2.75) is 32.1 Å². The predicted octanol–water partition coefficient (Wildman–Crippen LogP) is 1.14. The van der Waals surface area contributed by atoms with Gasteiger partial charge in [0, 0.05) is 13.1 Å². The van der Waals surface area contributed by atoms with Crippen LogP contribution in [0.25, 0.3) is 0 Å². The van der Waals surface area contributed by atoms with Gasteiger partial charge >= 0.3 is 0 Å². The van der Waals surface area contributed by atoms with Crippen LogP contribution in [-0.2, 0) is 10.0 Å². The standard InChI is InChI=1S/C10H17N3O2S/c1-8-9(6-11-12-8)16(14,15)13-5-4-10(2,3)7-13/h6H,4-5,7H2,1-3H3,(H,11,12). The van der Waals surface area contributed by atoms with Gasteiger partial charge in [0.2, 0.25) is 10.0 Å². The lowest BCUT2D eigenvalue weighted by Crippen LogP contribution is -2.30. The van der Waals surface area contributed by atoms with Crippen LogP contribution in [-0.4, -0.2) is 36.0 Å². The minimum atomic E-state index is -3.36. The molecular weight excluding hydrogens is 226 g/mol. The zero-order chi connectivity index (χ0) is 12.0. The van der Waals surface area contributed by atoms with Crippen molar-refractivity contribution in [1.29, 1.82) is 0 Å². The smallest absolute Gasteiger partial charge is 0.246 e. The Bertz CT molecular complexity index is 490. The summed E-state index contributed by atoms with van der Waals surface area (Å²) < 4.78 is 26.1. The average Bonchev–Trinajstić information content (AvgIpc) is 2.72. The van der Waals surface area contributed by atoms with Gasteiger partial charge in [0.25, 0.3) is 0 Å². The van der Waals surface area contributed by atoms with Gasteiger partial charge in [-0.05, 0) is 18.8 Å². The van der Waals surface area contributed by atoms with Crippen LogP contribution in [0, 0.1) is 12.3 Å². The van der Waals surface area contributed by atoms with Crippen molar-refractivity contribution in [3.8, 4) is 0 Å². The van der Waals surface area contributed by atoms with E-state index in [1.807, 2.05) is 0 Å². The van der Waals surface area contributed by atoms with Gasteiger partial charge in [0.1, 0.15) is 4.90 Å². The number of H-pyrrole nitrogens is 1. The number of aromatic amines is 1. The number of hydrogen-bond donors (Lipinski definition) is 1. The molecule has 16 heavy (non-hydrogen) atoms. The highest BCUT2D eigenvalue weighted by molar-refractivity contribution is 7.89. The van der Waals surface area contributed by atoms with Crippen LogP contribution in [0.3, 0.4) is 0 Å². The summed E-state index contributed by atoms with van der Waals surface area (Å²) >= 11 is 0. The molecule has 0 bridgehead atoms. The summed E-state index contributed by atoms with van der Waals surface area (Å²) in [6.07, 6.45) is 2.29. The van der Waals surface area contributed by atoms with E-state index in [0.29, 0.717) is 23.7 Å². The van der Waals surface area contributed by atoms with Crippen LogP contribution in [0.2, 0.25) is 0 Å². The molecule has 1 aliphatic rings. The third-order valence-corrected chi connectivity index (χ3v) is 5.00. The lowest BCUT2D eigenvalue weighted by molar-refractivity contribution is 0.375. The van der Waals surface area contributed by atoms with Crippen molar-refractivity contribution < 1.29 is 8.42 Å². The molecule has 1 aliphatic heterocycles. The normalized spacial score (nSPS) is 21.4. The number of aryl methyl sites for hydroxylation is 1. The van der Waals surface area contributed by atoms with E-state index in [-0.39, 0.29) is 5.41 Å². The number of sulfonamides is 1. The van der Waals surface area contributed by atoms with Gasteiger partial charge in [0.05, 0.1) is 11.9 Å². The number of hydrogen-bond acceptors (Lipinski definition) is 3. The molecule has 0 unspecified atom stereocenters. The van der Waals surface area contributed by atoms with Gasteiger partial charge < -0.3 is 0 Å². The predicted molar refractivity (Wildman–Crippen MR) is 60.5 cm³/mol. The molecule has 5 nitrogen and oxygen atoms in total. The highest BCUT2D eigenvalue weighted by Crippen LogP contribution is 2.32. The molecule has 0 radical (unpaired) electrons. The molecule has 1 aromatic heterocycles. The van der Waals surface area contributed by atoms with Crippen LogP contribution in [0.5, 0.6) is 0 Å². The third-order valence-electron chi connectivity index (χ3n) is 3.04. The first-order valence-corrected chi connectivity index (χ1v) is 6.77. The molecule has 0 aromatic carbocycles. The Morgan fingerprint density at radius 3 is 2.62 bits per heavy atom. The fraction of sp³-hybridized carbons (Fsp3) is 0.700. The van der Waals surface area contributed by atoms with Crippen LogP contribution in [0.4, 0.5) is 0 Å².